The minimum absolute atomic E-state index is 0.0847. The second-order valence-electron chi connectivity index (χ2n) is 7.75. The van der Waals surface area contributed by atoms with Crippen molar-refractivity contribution in [2.24, 2.45) is 5.10 Å². The highest BCUT2D eigenvalue weighted by atomic mass is 35.5. The molecule has 0 aromatic heterocycles. The van der Waals surface area contributed by atoms with E-state index in [1.807, 2.05) is 0 Å². The Labute approximate surface area is 212 Å². The van der Waals surface area contributed by atoms with Crippen LogP contribution in [0, 0.1) is 0 Å². The maximum absolute atomic E-state index is 12.5. The van der Waals surface area contributed by atoms with E-state index in [-0.39, 0.29) is 23.5 Å². The van der Waals surface area contributed by atoms with Gasteiger partial charge in [-0.3, -0.25) is 14.4 Å². The molecule has 0 aliphatic carbocycles. The number of carbonyl (C=O) groups is 3. The van der Waals surface area contributed by atoms with Gasteiger partial charge in [-0.15, -0.1) is 5.10 Å². The molecular formula is C26H22ClN3O6. The fourth-order valence-corrected chi connectivity index (χ4v) is 3.74. The zero-order valence-corrected chi connectivity index (χ0v) is 20.4. The summed E-state index contributed by atoms with van der Waals surface area (Å²) in [6.45, 7) is 2.64. The summed E-state index contributed by atoms with van der Waals surface area (Å²) in [6.07, 6.45) is -0.873. The van der Waals surface area contributed by atoms with Gasteiger partial charge in [-0.05, 0) is 42.5 Å². The van der Waals surface area contributed by atoms with Crippen LogP contribution in [0.2, 0.25) is 5.02 Å². The van der Waals surface area contributed by atoms with Crippen molar-refractivity contribution in [3.63, 3.8) is 0 Å². The van der Waals surface area contributed by atoms with Crippen LogP contribution in [0.1, 0.15) is 41.6 Å². The molecular weight excluding hydrogens is 486 g/mol. The molecule has 0 spiro atoms. The summed E-state index contributed by atoms with van der Waals surface area (Å²) in [5.74, 6) is -0.441. The molecule has 1 atom stereocenters. The molecule has 0 fully saturated rings. The van der Waals surface area contributed by atoms with Crippen LogP contribution in [0.3, 0.4) is 0 Å². The van der Waals surface area contributed by atoms with Crippen LogP contribution in [0.4, 0.5) is 5.69 Å². The molecule has 3 aromatic rings. The van der Waals surface area contributed by atoms with Gasteiger partial charge in [-0.25, -0.2) is 0 Å². The highest BCUT2D eigenvalue weighted by Crippen LogP contribution is 2.34. The number of benzene rings is 3. The molecule has 9 nitrogen and oxygen atoms in total. The van der Waals surface area contributed by atoms with E-state index in [9.17, 15) is 14.4 Å². The van der Waals surface area contributed by atoms with Crippen molar-refractivity contribution < 1.29 is 28.6 Å². The predicted octanol–water partition coefficient (Wildman–Crippen LogP) is 4.77. The lowest BCUT2D eigenvalue weighted by molar-refractivity contribution is -0.135. The largest absolute Gasteiger partial charge is 0.497 e. The maximum atomic E-state index is 12.5. The van der Waals surface area contributed by atoms with Gasteiger partial charge in [0, 0.05) is 25.1 Å². The molecule has 1 aliphatic rings. The van der Waals surface area contributed by atoms with E-state index in [0.717, 1.165) is 0 Å². The van der Waals surface area contributed by atoms with Crippen LogP contribution < -0.4 is 14.8 Å². The highest BCUT2D eigenvalue weighted by Gasteiger charge is 2.34. The van der Waals surface area contributed by atoms with Gasteiger partial charge in [0.25, 0.3) is 5.91 Å². The van der Waals surface area contributed by atoms with E-state index in [0.29, 0.717) is 33.1 Å². The van der Waals surface area contributed by atoms with Crippen molar-refractivity contribution in [3.05, 3.63) is 88.4 Å². The lowest BCUT2D eigenvalue weighted by atomic mass is 10.1. The van der Waals surface area contributed by atoms with Gasteiger partial charge in [-0.2, -0.15) is 5.01 Å². The summed E-state index contributed by atoms with van der Waals surface area (Å²) >= 11 is 6.10. The van der Waals surface area contributed by atoms with Crippen molar-refractivity contribution in [1.82, 2.24) is 5.01 Å². The number of nitrogens with one attached hydrogen (secondary N) is 1. The van der Waals surface area contributed by atoms with Gasteiger partial charge >= 0.3 is 5.97 Å². The molecule has 1 unspecified atom stereocenters. The van der Waals surface area contributed by atoms with E-state index in [2.05, 4.69) is 10.4 Å². The number of methoxy groups -OCH3 is 1. The number of carbonyl (C=O) groups excluding carboxylic acids is 3. The number of hydrogen-bond acceptors (Lipinski definition) is 7. The molecule has 3 aromatic carbocycles. The van der Waals surface area contributed by atoms with Crippen LogP contribution in [0.15, 0.2) is 71.8 Å². The van der Waals surface area contributed by atoms with Gasteiger partial charge < -0.3 is 19.5 Å². The normalized spacial score (nSPS) is 14.5. The van der Waals surface area contributed by atoms with E-state index in [1.165, 1.54) is 26.0 Å². The number of amides is 2. The monoisotopic (exact) mass is 507 g/mol. The molecule has 0 radical (unpaired) electrons. The number of ether oxygens (including phenoxy) is 3. The third kappa shape index (κ3) is 5.31. The number of nitrogens with zero attached hydrogens (tertiary/aromatic N) is 2. The number of halogens is 1. The van der Waals surface area contributed by atoms with Crippen molar-refractivity contribution in [2.75, 3.05) is 12.4 Å². The van der Waals surface area contributed by atoms with E-state index in [4.69, 9.17) is 25.8 Å². The Morgan fingerprint density at radius 2 is 1.75 bits per heavy atom. The first kappa shape index (κ1) is 24.7. The number of esters is 1. The number of hydrazone groups is 1. The fourth-order valence-electron chi connectivity index (χ4n) is 3.51. The smallest absolute Gasteiger partial charge is 0.308 e. The third-order valence-corrected chi connectivity index (χ3v) is 5.54. The van der Waals surface area contributed by atoms with Gasteiger partial charge in [0.15, 0.2) is 0 Å². The summed E-state index contributed by atoms with van der Waals surface area (Å²) in [7, 11) is 1.50. The van der Waals surface area contributed by atoms with Crippen LogP contribution >= 0.6 is 11.6 Å². The topological polar surface area (TPSA) is 107 Å². The number of hydrogen-bond donors (Lipinski definition) is 1. The highest BCUT2D eigenvalue weighted by molar-refractivity contribution is 6.34. The summed E-state index contributed by atoms with van der Waals surface area (Å²) in [5.41, 5.74) is 1.84. The van der Waals surface area contributed by atoms with E-state index >= 15 is 0 Å². The van der Waals surface area contributed by atoms with Crippen molar-refractivity contribution in [1.29, 1.82) is 0 Å². The van der Waals surface area contributed by atoms with E-state index < -0.39 is 12.2 Å². The molecule has 0 saturated heterocycles. The Hall–Kier alpha value is -4.37. The average molecular weight is 508 g/mol. The molecule has 184 valence electrons. The SMILES string of the molecule is COc1ccc(OC(C)=O)c(C2=NN(C(C)=O)C(c3ccc(NC(=O)c4ccccc4Cl)cc3)O2)c1. The van der Waals surface area contributed by atoms with Crippen LogP contribution in [0.5, 0.6) is 11.5 Å². The Bertz CT molecular complexity index is 1360. The van der Waals surface area contributed by atoms with Gasteiger partial charge in [0.05, 0.1) is 23.3 Å². The second kappa shape index (κ2) is 10.5. The standard InChI is InChI=1S/C26H22ClN3O6/c1-15(31)30-26(36-25(29-30)21-14-19(34-3)12-13-23(21)35-16(2)32)17-8-10-18(11-9-17)28-24(33)20-6-4-5-7-22(20)27/h4-14,26H,1-3H3,(H,28,33). The van der Waals surface area contributed by atoms with Crippen molar-refractivity contribution in [2.45, 2.75) is 20.1 Å². The average Bonchev–Trinajstić information content (AvgIpc) is 3.30. The molecule has 0 bridgehead atoms. The lowest BCUT2D eigenvalue weighted by Crippen LogP contribution is -2.25. The first-order valence-electron chi connectivity index (χ1n) is 10.8. The van der Waals surface area contributed by atoms with Crippen molar-refractivity contribution in [3.8, 4) is 11.5 Å². The summed E-state index contributed by atoms with van der Waals surface area (Å²) in [5, 5.41) is 8.64. The van der Waals surface area contributed by atoms with Gasteiger partial charge in [0.1, 0.15) is 11.5 Å². The van der Waals surface area contributed by atoms with Crippen LogP contribution in [0.25, 0.3) is 0 Å². The second-order valence-corrected chi connectivity index (χ2v) is 8.16. The zero-order valence-electron chi connectivity index (χ0n) is 19.7. The Morgan fingerprint density at radius 1 is 1.03 bits per heavy atom. The fraction of sp³-hybridized carbons (Fsp3) is 0.154. The maximum Gasteiger partial charge on any atom is 0.308 e. The lowest BCUT2D eigenvalue weighted by Gasteiger charge is -2.19. The minimum atomic E-state index is -0.873. The van der Waals surface area contributed by atoms with Crippen LogP contribution in [-0.4, -0.2) is 35.8 Å². The zero-order chi connectivity index (χ0) is 25.8. The summed E-state index contributed by atoms with van der Waals surface area (Å²) in [6, 6.07) is 18.3. The summed E-state index contributed by atoms with van der Waals surface area (Å²) < 4.78 is 16.6. The molecule has 2 amide bonds. The Balaban J connectivity index is 1.58. The van der Waals surface area contributed by atoms with Crippen molar-refractivity contribution >= 4 is 41.0 Å². The number of anilines is 1. The quantitative estimate of drug-likeness (QED) is 0.380. The summed E-state index contributed by atoms with van der Waals surface area (Å²) in [4.78, 5) is 36.5. The number of rotatable bonds is 6. The molecule has 1 aliphatic heterocycles. The predicted molar refractivity (Wildman–Crippen MR) is 133 cm³/mol. The molecule has 4 rings (SSSR count). The first-order valence-corrected chi connectivity index (χ1v) is 11.2. The molecule has 10 heteroatoms. The Morgan fingerprint density at radius 3 is 2.39 bits per heavy atom. The molecule has 1 heterocycles. The minimum Gasteiger partial charge on any atom is -0.497 e. The van der Waals surface area contributed by atoms with Crippen LogP contribution in [-0.2, 0) is 14.3 Å². The Kier molecular flexibility index (Phi) is 7.21. The van der Waals surface area contributed by atoms with E-state index in [1.54, 1.807) is 66.7 Å². The van der Waals surface area contributed by atoms with Gasteiger partial charge in [0.2, 0.25) is 18.0 Å². The first-order chi connectivity index (χ1) is 17.3. The molecule has 1 N–H and O–H groups in total. The molecule has 0 saturated carbocycles. The third-order valence-electron chi connectivity index (χ3n) is 5.21. The van der Waals surface area contributed by atoms with Gasteiger partial charge in [-0.1, -0.05) is 35.9 Å². The molecule has 36 heavy (non-hydrogen) atoms.